The molecule has 0 radical (unpaired) electrons. The van der Waals surface area contributed by atoms with Crippen molar-refractivity contribution in [3.05, 3.63) is 30.3 Å². The molecule has 6 rings (SSSR count). The highest BCUT2D eigenvalue weighted by molar-refractivity contribution is 8.77. The minimum absolute atomic E-state index is 0.00444. The van der Waals surface area contributed by atoms with E-state index in [9.17, 15) is 43.2 Å². The molecule has 1 aromatic carbocycles. The van der Waals surface area contributed by atoms with Crippen LogP contribution in [0.15, 0.2) is 30.3 Å². The van der Waals surface area contributed by atoms with E-state index in [-0.39, 0.29) is 59.4 Å². The van der Waals surface area contributed by atoms with E-state index in [2.05, 4.69) is 21.9 Å². The number of fused-ring (bicyclic) bond motifs is 1. The number of benzene rings is 1. The number of carbonyl (C=O) groups excluding carboxylic acids is 9. The first-order valence-electron chi connectivity index (χ1n) is 24.1. The van der Waals surface area contributed by atoms with Gasteiger partial charge in [-0.05, 0) is 92.2 Å². The Morgan fingerprint density at radius 3 is 1.84 bits per heavy atom. The molecule has 4 amide bonds. The summed E-state index contributed by atoms with van der Waals surface area (Å²) in [6, 6.07) is 9.23. The van der Waals surface area contributed by atoms with Crippen molar-refractivity contribution in [1.82, 2.24) is 20.9 Å². The van der Waals surface area contributed by atoms with Gasteiger partial charge >= 0.3 is 6.03 Å². The molecule has 0 aromatic heterocycles. The maximum atomic E-state index is 11.1. The number of terminal acetylenes is 1. The Bertz CT molecular complexity index is 1790. The third kappa shape index (κ3) is 35.0. The second-order valence-electron chi connectivity index (χ2n) is 17.2. The fourth-order valence-electron chi connectivity index (χ4n) is 6.44. The van der Waals surface area contributed by atoms with Crippen molar-refractivity contribution in [3.63, 3.8) is 0 Å². The minimum atomic E-state index is -0.458. The van der Waals surface area contributed by atoms with Gasteiger partial charge in [0.05, 0.1) is 37.4 Å². The van der Waals surface area contributed by atoms with Gasteiger partial charge in [-0.2, -0.15) is 11.8 Å². The highest BCUT2D eigenvalue weighted by atomic mass is 33.1. The minimum Gasteiger partial charge on any atom is -0.486 e. The third-order valence-corrected chi connectivity index (χ3v) is 15.2. The number of unbranched alkanes of at least 4 members (excludes halogenated alkanes) is 2. The molecule has 1 aromatic rings. The van der Waals surface area contributed by atoms with E-state index >= 15 is 0 Å². The molecule has 5 saturated heterocycles. The largest absolute Gasteiger partial charge is 0.486 e. The molecule has 19 heteroatoms. The zero-order valence-electron chi connectivity index (χ0n) is 42.8. The van der Waals surface area contributed by atoms with Crippen LogP contribution >= 0.6 is 33.3 Å². The first-order valence-corrected chi connectivity index (χ1v) is 27.6. The summed E-state index contributed by atoms with van der Waals surface area (Å²) < 4.78 is 10.2. The van der Waals surface area contributed by atoms with Gasteiger partial charge in [-0.25, -0.2) is 4.79 Å². The summed E-state index contributed by atoms with van der Waals surface area (Å²) in [5.74, 6) is 6.43. The number of Topliss-reactive ketones (excluding diaryl/α,β-unsaturated/α-hetero) is 6. The Morgan fingerprint density at radius 2 is 1.43 bits per heavy atom. The van der Waals surface area contributed by atoms with Crippen LogP contribution in [-0.4, -0.2) is 137 Å². The second kappa shape index (κ2) is 40.4. The summed E-state index contributed by atoms with van der Waals surface area (Å²) in [5, 5.41) is 9.87. The summed E-state index contributed by atoms with van der Waals surface area (Å²) in [5.41, 5.74) is 5.23. The maximum absolute atomic E-state index is 11.1. The van der Waals surface area contributed by atoms with Crippen LogP contribution in [0, 0.1) is 12.3 Å². The van der Waals surface area contributed by atoms with Crippen LogP contribution in [0.5, 0.6) is 5.75 Å². The van der Waals surface area contributed by atoms with Crippen LogP contribution in [0.4, 0.5) is 4.79 Å². The lowest BCUT2D eigenvalue weighted by Gasteiger charge is -2.25. The Kier molecular flexibility index (Phi) is 37.9. The normalized spacial score (nSPS) is 20.5. The number of hydrogen-bond donors (Lipinski definition) is 4. The predicted molar refractivity (Wildman–Crippen MR) is 283 cm³/mol. The molecule has 0 aliphatic carbocycles. The highest BCUT2D eigenvalue weighted by Crippen LogP contribution is 2.40. The molecule has 5 heterocycles. The second-order valence-corrected chi connectivity index (χ2v) is 21.3. The van der Waals surface area contributed by atoms with E-state index in [1.807, 2.05) is 70.6 Å². The molecule has 0 spiro atoms. The SMILES string of the molecule is C#CCC(N)C(C)=O.CC(=O)C1CCC(=O)N1.CC(=O)CCCCC1CCSS1.CC(=O)CCCCC1SCC2NC(=O)NC21.CC(=O)COc1ccccc1.CC(=O)N1CCOCC1.CCC(C)=O. The van der Waals surface area contributed by atoms with Crippen molar-refractivity contribution in [2.75, 3.05) is 44.4 Å². The van der Waals surface area contributed by atoms with Gasteiger partial charge in [0.25, 0.3) is 0 Å². The number of rotatable bonds is 17. The average molecular weight is 1040 g/mol. The zero-order valence-corrected chi connectivity index (χ0v) is 45.3. The maximum Gasteiger partial charge on any atom is 0.315 e. The number of para-hydroxylation sites is 1. The predicted octanol–water partition coefficient (Wildman–Crippen LogP) is 6.88. The number of carbonyl (C=O) groups is 9. The van der Waals surface area contributed by atoms with Gasteiger partial charge in [0.2, 0.25) is 11.8 Å². The number of thioether (sulfide) groups is 1. The van der Waals surface area contributed by atoms with E-state index < -0.39 is 6.04 Å². The van der Waals surface area contributed by atoms with Crippen LogP contribution in [-0.2, 0) is 43.1 Å². The fourth-order valence-corrected chi connectivity index (χ4v) is 11.0. The van der Waals surface area contributed by atoms with Crippen LogP contribution in [0.2, 0.25) is 0 Å². The number of nitrogens with two attached hydrogens (primary N) is 1. The van der Waals surface area contributed by atoms with Gasteiger partial charge in [-0.1, -0.05) is 59.6 Å². The molecule has 5 aliphatic rings. The van der Waals surface area contributed by atoms with Gasteiger partial charge in [0, 0.05) is 74.1 Å². The molecule has 6 unspecified atom stereocenters. The van der Waals surface area contributed by atoms with Crippen molar-refractivity contribution in [1.29, 1.82) is 0 Å². The molecule has 5 fully saturated rings. The third-order valence-electron chi connectivity index (χ3n) is 10.7. The summed E-state index contributed by atoms with van der Waals surface area (Å²) in [7, 11) is 4.03. The van der Waals surface area contributed by atoms with Crippen LogP contribution < -0.4 is 26.4 Å². The highest BCUT2D eigenvalue weighted by Gasteiger charge is 2.42. The zero-order chi connectivity index (χ0) is 52.9. The van der Waals surface area contributed by atoms with Crippen LogP contribution in [0.1, 0.15) is 139 Å². The Hall–Kier alpha value is -4.22. The van der Waals surface area contributed by atoms with E-state index in [1.54, 1.807) is 32.6 Å². The number of amides is 4. The van der Waals surface area contributed by atoms with E-state index in [0.29, 0.717) is 68.4 Å². The van der Waals surface area contributed by atoms with Crippen LogP contribution in [0.25, 0.3) is 0 Å². The number of hydrogen-bond acceptors (Lipinski definition) is 15. The molecule has 70 heavy (non-hydrogen) atoms. The Labute approximate surface area is 429 Å². The van der Waals surface area contributed by atoms with Gasteiger partial charge in [0.1, 0.15) is 35.5 Å². The molecule has 16 nitrogen and oxygen atoms in total. The number of nitrogens with zero attached hydrogens (tertiary/aromatic N) is 1. The number of urea groups is 1. The van der Waals surface area contributed by atoms with Gasteiger partial charge in [-0.3, -0.25) is 24.0 Å². The molecule has 5 N–H and O–H groups in total. The topological polar surface area (TPSA) is 237 Å². The van der Waals surface area contributed by atoms with Gasteiger partial charge in [-0.15, -0.1) is 12.3 Å². The summed E-state index contributed by atoms with van der Waals surface area (Å²) >= 11 is 1.93. The van der Waals surface area contributed by atoms with Crippen molar-refractivity contribution in [2.24, 2.45) is 5.73 Å². The summed E-state index contributed by atoms with van der Waals surface area (Å²) in [4.78, 5) is 96.7. The average Bonchev–Trinajstić information content (AvgIpc) is 4.15. The van der Waals surface area contributed by atoms with Gasteiger partial charge in [0.15, 0.2) is 11.6 Å². The first-order chi connectivity index (χ1) is 33.2. The van der Waals surface area contributed by atoms with E-state index in [1.165, 1.54) is 45.8 Å². The lowest BCUT2D eigenvalue weighted by atomic mass is 10.0. The van der Waals surface area contributed by atoms with Crippen molar-refractivity contribution in [3.8, 4) is 18.1 Å². The lowest BCUT2D eigenvalue weighted by Crippen LogP contribution is -2.39. The van der Waals surface area contributed by atoms with Crippen molar-refractivity contribution < 1.29 is 52.6 Å². The van der Waals surface area contributed by atoms with Crippen LogP contribution in [0.3, 0.4) is 0 Å². The molecular formula is C51H81N5O11S3. The Morgan fingerprint density at radius 1 is 0.829 bits per heavy atom. The molecule has 394 valence electrons. The summed E-state index contributed by atoms with van der Waals surface area (Å²) in [6.07, 6.45) is 16.7. The molecular weight excluding hydrogens is 955 g/mol. The fraction of sp³-hybridized carbons (Fsp3) is 0.667. The number of ketones is 6. The number of ether oxygens (including phenoxy) is 2. The first kappa shape index (κ1) is 65.8. The smallest absolute Gasteiger partial charge is 0.315 e. The standard InChI is InChI=1S/C11H18N2O2S.C9H10O2.C9H16OS2.C6H11NO2.C6H9NO2.C6H9NO.C4H8O/c1-7(14)4-2-3-5-9-10-8(6-16-9)12-11(15)13-10;1-8(10)7-11-9-5-3-2-4-6-9;1-8(10)4-2-3-5-9-6-7-11-12-9;1-6(8)7-2-4-9-5-3-7;1-4(8)5-2-3-6(9)7-5;1-3-4-6(7)5(2)8;1-3-4(2)5/h8-10H,2-6H2,1H3,(H2,12,13,15);2-6H,7H2,1H3;9H,2-7H2,1H3;2-5H2,1H3;5H,2-3H2,1H3,(H,7,9);1,6H,4,7H2,2H3;3H2,1-2H3. The van der Waals surface area contributed by atoms with E-state index in [0.717, 1.165) is 61.9 Å². The number of morpholine rings is 1. The molecule has 6 atom stereocenters. The van der Waals surface area contributed by atoms with Crippen molar-refractivity contribution in [2.45, 2.75) is 174 Å². The monoisotopic (exact) mass is 1040 g/mol. The molecule has 5 aliphatic heterocycles. The molecule has 0 bridgehead atoms. The van der Waals surface area contributed by atoms with Crippen molar-refractivity contribution >= 4 is 85.9 Å². The quantitative estimate of drug-likeness (QED) is 0.0539. The molecule has 0 saturated carbocycles. The van der Waals surface area contributed by atoms with Gasteiger partial charge < -0.3 is 50.4 Å². The summed E-state index contributed by atoms with van der Waals surface area (Å²) in [6.45, 7) is 15.8. The lowest BCUT2D eigenvalue weighted by molar-refractivity contribution is -0.133. The Balaban J connectivity index is 0.000000813. The number of nitrogens with one attached hydrogen (secondary N) is 3. The van der Waals surface area contributed by atoms with E-state index in [4.69, 9.17) is 21.6 Å².